The first-order valence-corrected chi connectivity index (χ1v) is 9.62. The van der Waals surface area contributed by atoms with Crippen LogP contribution in [-0.4, -0.2) is 16.2 Å². The molecule has 2 aliphatic rings. The van der Waals surface area contributed by atoms with Crippen LogP contribution in [0.3, 0.4) is 0 Å². The zero-order chi connectivity index (χ0) is 18.5. The number of pyridine rings is 1. The molecule has 1 saturated heterocycles. The van der Waals surface area contributed by atoms with Gasteiger partial charge in [-0.1, -0.05) is 19.9 Å². The second-order valence-corrected chi connectivity index (χ2v) is 10.00. The Morgan fingerprint density at radius 3 is 2.19 bits per heavy atom. The van der Waals surface area contributed by atoms with Crippen LogP contribution in [0.2, 0.25) is 0 Å². The number of hydrogen-bond acceptors (Lipinski definition) is 3. The first kappa shape index (κ1) is 21.2. The van der Waals surface area contributed by atoms with Crippen molar-refractivity contribution in [2.75, 3.05) is 5.73 Å². The molecule has 4 heteroatoms. The van der Waals surface area contributed by atoms with Crippen LogP contribution in [0.25, 0.3) is 5.57 Å². The van der Waals surface area contributed by atoms with E-state index in [1.807, 2.05) is 6.07 Å². The molecule has 0 saturated carbocycles. The molecule has 3 rings (SSSR count). The van der Waals surface area contributed by atoms with E-state index in [0.717, 1.165) is 37.1 Å². The summed E-state index contributed by atoms with van der Waals surface area (Å²) in [7, 11) is 0. The summed E-state index contributed by atoms with van der Waals surface area (Å²) in [5, 5.41) is 0. The molecule has 1 aliphatic carbocycles. The number of halogens is 1. The maximum Gasteiger partial charge on any atom is 0.0891 e. The molecule has 3 nitrogen and oxygen atoms in total. The lowest BCUT2D eigenvalue weighted by molar-refractivity contribution is -0.162. The minimum Gasteiger partial charge on any atom is -0.397 e. The number of nitrogens with zero attached hydrogens (tertiary/aromatic N) is 1. The molecule has 1 aromatic heterocycles. The van der Waals surface area contributed by atoms with Crippen LogP contribution in [0, 0.1) is 5.41 Å². The van der Waals surface area contributed by atoms with Gasteiger partial charge in [0, 0.05) is 11.6 Å². The number of allylic oxidation sites excluding steroid dienone is 2. The Balaban J connectivity index is 0.00000243. The van der Waals surface area contributed by atoms with E-state index in [1.165, 1.54) is 17.7 Å². The van der Waals surface area contributed by atoms with Gasteiger partial charge in [0.25, 0.3) is 0 Å². The minimum absolute atomic E-state index is 0. The van der Waals surface area contributed by atoms with Crippen molar-refractivity contribution in [3.05, 3.63) is 29.6 Å². The summed E-state index contributed by atoms with van der Waals surface area (Å²) in [6.45, 7) is 13.4. The third-order valence-electron chi connectivity index (χ3n) is 5.67. The van der Waals surface area contributed by atoms with E-state index in [4.69, 9.17) is 15.5 Å². The monoisotopic (exact) mass is 378 g/mol. The van der Waals surface area contributed by atoms with Gasteiger partial charge in [-0.2, -0.15) is 0 Å². The van der Waals surface area contributed by atoms with Crippen LogP contribution < -0.4 is 5.73 Å². The quantitative estimate of drug-likeness (QED) is 0.673. The third kappa shape index (κ3) is 4.80. The van der Waals surface area contributed by atoms with Crippen molar-refractivity contribution in [2.45, 2.75) is 90.8 Å². The predicted molar refractivity (Wildman–Crippen MR) is 113 cm³/mol. The van der Waals surface area contributed by atoms with Crippen LogP contribution >= 0.6 is 12.4 Å². The lowest BCUT2D eigenvalue weighted by Gasteiger charge is -2.45. The normalized spacial score (nSPS) is 24.5. The van der Waals surface area contributed by atoms with Gasteiger partial charge >= 0.3 is 0 Å². The van der Waals surface area contributed by atoms with Crippen molar-refractivity contribution >= 4 is 23.7 Å². The van der Waals surface area contributed by atoms with Gasteiger partial charge in [0.2, 0.25) is 0 Å². The Kier molecular flexibility index (Phi) is 5.85. The molecule has 0 amide bonds. The molecule has 2 heterocycles. The molecule has 26 heavy (non-hydrogen) atoms. The zero-order valence-electron chi connectivity index (χ0n) is 17.2. The second-order valence-electron chi connectivity index (χ2n) is 10.00. The van der Waals surface area contributed by atoms with Crippen molar-refractivity contribution in [3.8, 4) is 0 Å². The fraction of sp³-hybridized carbons (Fsp3) is 0.682. The van der Waals surface area contributed by atoms with E-state index < -0.39 is 0 Å². The average molecular weight is 379 g/mol. The molecular formula is C22H35ClN2O. The van der Waals surface area contributed by atoms with Gasteiger partial charge < -0.3 is 10.5 Å². The van der Waals surface area contributed by atoms with Gasteiger partial charge in [0.15, 0.2) is 0 Å². The topological polar surface area (TPSA) is 48.1 Å². The number of nitrogen functional groups attached to an aromatic ring is 1. The number of hydrogen-bond donors (Lipinski definition) is 1. The molecule has 0 radical (unpaired) electrons. The Bertz CT molecular complexity index is 675. The third-order valence-corrected chi connectivity index (χ3v) is 5.67. The number of rotatable bonds is 2. The zero-order valence-corrected chi connectivity index (χ0v) is 18.0. The van der Waals surface area contributed by atoms with Crippen LogP contribution in [0.5, 0.6) is 0 Å². The largest absolute Gasteiger partial charge is 0.397 e. The van der Waals surface area contributed by atoms with Crippen molar-refractivity contribution in [1.29, 1.82) is 0 Å². The molecule has 0 unspecified atom stereocenters. The number of nitrogens with two attached hydrogens (primary N) is 1. The fourth-order valence-electron chi connectivity index (χ4n) is 4.56. The highest BCUT2D eigenvalue weighted by molar-refractivity contribution is 5.85. The van der Waals surface area contributed by atoms with Gasteiger partial charge in [0.1, 0.15) is 0 Å². The summed E-state index contributed by atoms with van der Waals surface area (Å²) < 4.78 is 6.24. The highest BCUT2D eigenvalue weighted by Crippen LogP contribution is 2.44. The lowest BCUT2D eigenvalue weighted by atomic mass is 9.77. The van der Waals surface area contributed by atoms with Gasteiger partial charge in [-0.25, -0.2) is 0 Å². The molecule has 2 N–H and O–H groups in total. The van der Waals surface area contributed by atoms with Gasteiger partial charge in [-0.15, -0.1) is 12.4 Å². The summed E-state index contributed by atoms with van der Waals surface area (Å²) in [6.07, 6.45) is 7.71. The molecule has 0 atom stereocenters. The van der Waals surface area contributed by atoms with Crippen LogP contribution in [0.1, 0.15) is 91.0 Å². The first-order valence-electron chi connectivity index (χ1n) is 9.62. The van der Waals surface area contributed by atoms with E-state index in [2.05, 4.69) is 53.7 Å². The summed E-state index contributed by atoms with van der Waals surface area (Å²) in [5.41, 5.74) is 10.8. The standard InChI is InChI=1S/C22H34N2O.ClH/c1-20(2)11-9-15(10-12-20)19-17(23)7-8-18(24-19)16-13-21(3,4)25-22(5,6)14-16;/h7-9,16H,10-14,23H2,1-6H3;1H. The van der Waals surface area contributed by atoms with Crippen molar-refractivity contribution in [3.63, 3.8) is 0 Å². The Morgan fingerprint density at radius 2 is 1.65 bits per heavy atom. The average Bonchev–Trinajstić information content (AvgIpc) is 2.45. The van der Waals surface area contributed by atoms with Crippen molar-refractivity contribution in [2.24, 2.45) is 5.41 Å². The molecule has 1 aromatic rings. The lowest BCUT2D eigenvalue weighted by Crippen LogP contribution is -2.44. The number of aromatic nitrogens is 1. The molecule has 0 aromatic carbocycles. The fourth-order valence-corrected chi connectivity index (χ4v) is 4.56. The predicted octanol–water partition coefficient (Wildman–Crippen LogP) is 6.13. The second kappa shape index (κ2) is 7.16. The molecular weight excluding hydrogens is 344 g/mol. The number of ether oxygens (including phenoxy) is 1. The van der Waals surface area contributed by atoms with E-state index in [9.17, 15) is 0 Å². The highest BCUT2D eigenvalue weighted by Gasteiger charge is 2.40. The Labute approximate surface area is 165 Å². The minimum atomic E-state index is -0.121. The van der Waals surface area contributed by atoms with Crippen LogP contribution in [0.15, 0.2) is 18.2 Å². The Hall–Kier alpha value is -1.06. The molecule has 0 spiro atoms. The highest BCUT2D eigenvalue weighted by atomic mass is 35.5. The first-order chi connectivity index (χ1) is 11.5. The van der Waals surface area contributed by atoms with E-state index in [0.29, 0.717) is 11.3 Å². The summed E-state index contributed by atoms with van der Waals surface area (Å²) in [5.74, 6) is 0.415. The Morgan fingerprint density at radius 1 is 1.04 bits per heavy atom. The molecule has 1 aliphatic heterocycles. The van der Waals surface area contributed by atoms with Crippen molar-refractivity contribution < 1.29 is 4.74 Å². The summed E-state index contributed by atoms with van der Waals surface area (Å²) >= 11 is 0. The van der Waals surface area contributed by atoms with E-state index in [1.54, 1.807) is 0 Å². The SMILES string of the molecule is CC1(C)CC=C(c2nc(C3CC(C)(C)OC(C)(C)C3)ccc2N)CC1.Cl. The van der Waals surface area contributed by atoms with Crippen LogP contribution in [-0.2, 0) is 4.74 Å². The maximum atomic E-state index is 6.30. The molecule has 1 fully saturated rings. The molecule has 0 bridgehead atoms. The summed E-state index contributed by atoms with van der Waals surface area (Å²) in [6, 6.07) is 4.17. The van der Waals surface area contributed by atoms with Crippen LogP contribution in [0.4, 0.5) is 5.69 Å². The smallest absolute Gasteiger partial charge is 0.0891 e. The van der Waals surface area contributed by atoms with E-state index >= 15 is 0 Å². The van der Waals surface area contributed by atoms with Gasteiger partial charge in [-0.05, 0) is 82.9 Å². The number of anilines is 1. The summed E-state index contributed by atoms with van der Waals surface area (Å²) in [4.78, 5) is 5.05. The van der Waals surface area contributed by atoms with Gasteiger partial charge in [-0.3, -0.25) is 4.98 Å². The van der Waals surface area contributed by atoms with E-state index in [-0.39, 0.29) is 23.6 Å². The van der Waals surface area contributed by atoms with Gasteiger partial charge in [0.05, 0.1) is 22.6 Å². The molecule has 146 valence electrons. The maximum absolute atomic E-state index is 6.30. The van der Waals surface area contributed by atoms with Crippen molar-refractivity contribution in [1.82, 2.24) is 4.98 Å².